The average molecular weight is 202 g/mol. The van der Waals surface area contributed by atoms with Crippen LogP contribution in [-0.2, 0) is 6.54 Å². The van der Waals surface area contributed by atoms with Crippen LogP contribution < -0.4 is 0 Å². The number of hydrogen-bond donors (Lipinski definition) is 1. The van der Waals surface area contributed by atoms with Gasteiger partial charge in [0, 0.05) is 0 Å². The molecule has 0 bridgehead atoms. The number of aromatic carboxylic acids is 1. The minimum Gasteiger partial charge on any atom is -0.476 e. The van der Waals surface area contributed by atoms with Gasteiger partial charge >= 0.3 is 5.97 Å². The molecule has 70 valence electrons. The van der Waals surface area contributed by atoms with Crippen molar-refractivity contribution >= 4 is 17.6 Å². The molecule has 2 rings (SSSR count). The van der Waals surface area contributed by atoms with Crippen LogP contribution in [0.15, 0.2) is 0 Å². The maximum Gasteiger partial charge on any atom is 0.359 e. The maximum absolute atomic E-state index is 10.5. The van der Waals surface area contributed by atoms with Crippen molar-refractivity contribution in [3.05, 3.63) is 10.8 Å². The Labute approximate surface area is 79.3 Å². The fourth-order valence-corrected chi connectivity index (χ4v) is 1.28. The van der Waals surface area contributed by atoms with E-state index in [1.54, 1.807) is 0 Å². The summed E-state index contributed by atoms with van der Waals surface area (Å²) >= 11 is 5.57. The molecule has 6 heteroatoms. The van der Waals surface area contributed by atoms with Gasteiger partial charge in [-0.05, 0) is 18.8 Å². The van der Waals surface area contributed by atoms with Crippen molar-refractivity contribution in [3.8, 4) is 0 Å². The first kappa shape index (κ1) is 8.50. The topological polar surface area (TPSA) is 68.0 Å². The lowest BCUT2D eigenvalue weighted by molar-refractivity contribution is 0.0689. The number of carboxylic acid groups (broad SMARTS) is 1. The van der Waals surface area contributed by atoms with E-state index in [0.717, 1.165) is 0 Å². The summed E-state index contributed by atoms with van der Waals surface area (Å²) < 4.78 is 0. The fraction of sp³-hybridized carbons (Fsp3) is 0.571. The molecule has 1 aromatic heterocycles. The molecule has 0 saturated heterocycles. The van der Waals surface area contributed by atoms with E-state index in [0.29, 0.717) is 12.5 Å². The third kappa shape index (κ3) is 1.80. The number of aromatic nitrogens is 3. The van der Waals surface area contributed by atoms with Crippen molar-refractivity contribution < 1.29 is 9.90 Å². The molecule has 1 heterocycles. The van der Waals surface area contributed by atoms with E-state index >= 15 is 0 Å². The first-order chi connectivity index (χ1) is 6.16. The summed E-state index contributed by atoms with van der Waals surface area (Å²) in [6, 6.07) is 0. The smallest absolute Gasteiger partial charge is 0.359 e. The van der Waals surface area contributed by atoms with Crippen LogP contribution >= 0.6 is 11.6 Å². The van der Waals surface area contributed by atoms with Crippen LogP contribution in [0.5, 0.6) is 0 Å². The molecule has 1 aromatic rings. The second kappa shape index (κ2) is 2.99. The van der Waals surface area contributed by atoms with E-state index in [1.807, 2.05) is 0 Å². The van der Waals surface area contributed by atoms with Crippen LogP contribution in [0.25, 0.3) is 0 Å². The predicted molar refractivity (Wildman–Crippen MR) is 44.7 cm³/mol. The van der Waals surface area contributed by atoms with E-state index in [-0.39, 0.29) is 10.8 Å². The molecular weight excluding hydrogens is 194 g/mol. The van der Waals surface area contributed by atoms with Crippen molar-refractivity contribution in [3.63, 3.8) is 0 Å². The third-order valence-corrected chi connectivity index (χ3v) is 2.19. The lowest BCUT2D eigenvalue weighted by Gasteiger charge is -1.93. The number of hydrogen-bond acceptors (Lipinski definition) is 3. The minimum atomic E-state index is -1.13. The zero-order valence-corrected chi connectivity index (χ0v) is 7.53. The number of nitrogens with zero attached hydrogens (tertiary/aromatic N) is 3. The first-order valence-electron chi connectivity index (χ1n) is 4.00. The Bertz CT molecular complexity index is 346. The van der Waals surface area contributed by atoms with Crippen molar-refractivity contribution in [2.75, 3.05) is 0 Å². The summed E-state index contributed by atoms with van der Waals surface area (Å²) in [4.78, 5) is 11.9. The van der Waals surface area contributed by atoms with Gasteiger partial charge in [0.15, 0.2) is 5.15 Å². The van der Waals surface area contributed by atoms with Gasteiger partial charge in [0.25, 0.3) is 0 Å². The van der Waals surface area contributed by atoms with Crippen molar-refractivity contribution in [2.45, 2.75) is 19.4 Å². The molecule has 1 aliphatic carbocycles. The highest BCUT2D eigenvalue weighted by atomic mass is 35.5. The molecule has 0 atom stereocenters. The Balaban J connectivity index is 2.18. The third-order valence-electron chi connectivity index (χ3n) is 1.94. The van der Waals surface area contributed by atoms with Crippen LogP contribution in [0.4, 0.5) is 0 Å². The molecule has 5 nitrogen and oxygen atoms in total. The SMILES string of the molecule is O=C(O)c1nn(CC2CC2)nc1Cl. The van der Waals surface area contributed by atoms with Gasteiger partial charge in [0.2, 0.25) is 5.69 Å². The molecular formula is C7H8ClN3O2. The molecule has 0 amide bonds. The van der Waals surface area contributed by atoms with Crippen LogP contribution in [0, 0.1) is 5.92 Å². The Kier molecular flexibility index (Phi) is 1.95. The maximum atomic E-state index is 10.5. The fourth-order valence-electron chi connectivity index (χ4n) is 1.07. The van der Waals surface area contributed by atoms with Crippen molar-refractivity contribution in [1.29, 1.82) is 0 Å². The molecule has 0 spiro atoms. The monoisotopic (exact) mass is 201 g/mol. The lowest BCUT2D eigenvalue weighted by Crippen LogP contribution is -2.05. The van der Waals surface area contributed by atoms with Crippen LogP contribution in [0.1, 0.15) is 23.3 Å². The van der Waals surface area contributed by atoms with Gasteiger partial charge in [0.05, 0.1) is 6.54 Å². The summed E-state index contributed by atoms with van der Waals surface area (Å²) in [5.41, 5.74) is -0.165. The zero-order valence-electron chi connectivity index (χ0n) is 6.77. The van der Waals surface area contributed by atoms with Gasteiger partial charge in [-0.2, -0.15) is 4.80 Å². The first-order valence-corrected chi connectivity index (χ1v) is 4.38. The summed E-state index contributed by atoms with van der Waals surface area (Å²) in [6.07, 6.45) is 2.34. The molecule has 1 fully saturated rings. The Morgan fingerprint density at radius 1 is 1.62 bits per heavy atom. The highest BCUT2D eigenvalue weighted by molar-refractivity contribution is 6.31. The predicted octanol–water partition coefficient (Wildman–Crippen LogP) is 1.04. The highest BCUT2D eigenvalue weighted by Crippen LogP contribution is 2.30. The summed E-state index contributed by atoms with van der Waals surface area (Å²) in [7, 11) is 0. The van der Waals surface area contributed by atoms with Gasteiger partial charge in [-0.25, -0.2) is 4.79 Å². The van der Waals surface area contributed by atoms with Gasteiger partial charge < -0.3 is 5.11 Å². The standard InChI is InChI=1S/C7H8ClN3O2/c8-6-5(7(12)13)9-11(10-6)3-4-1-2-4/h4H,1-3H2,(H,12,13). The molecule has 0 aromatic carbocycles. The Morgan fingerprint density at radius 2 is 2.31 bits per heavy atom. The Hall–Kier alpha value is -1.10. The largest absolute Gasteiger partial charge is 0.476 e. The number of halogens is 1. The van der Waals surface area contributed by atoms with Crippen molar-refractivity contribution in [2.24, 2.45) is 5.92 Å². The summed E-state index contributed by atoms with van der Waals surface area (Å²) in [5, 5.41) is 16.2. The van der Waals surface area contributed by atoms with Gasteiger partial charge in [0.1, 0.15) is 0 Å². The number of carbonyl (C=O) groups is 1. The van der Waals surface area contributed by atoms with Crippen LogP contribution in [0.2, 0.25) is 5.15 Å². The summed E-state index contributed by atoms with van der Waals surface area (Å²) in [5.74, 6) is -0.530. The molecule has 1 aliphatic rings. The second-order valence-electron chi connectivity index (χ2n) is 3.14. The molecule has 1 N–H and O–H groups in total. The quantitative estimate of drug-likeness (QED) is 0.794. The van der Waals surface area contributed by atoms with Crippen molar-refractivity contribution in [1.82, 2.24) is 15.0 Å². The van der Waals surface area contributed by atoms with Crippen LogP contribution in [-0.4, -0.2) is 26.1 Å². The Morgan fingerprint density at radius 3 is 2.77 bits per heavy atom. The van der Waals surface area contributed by atoms with E-state index in [4.69, 9.17) is 16.7 Å². The minimum absolute atomic E-state index is 0.0341. The summed E-state index contributed by atoms with van der Waals surface area (Å²) in [6.45, 7) is 0.674. The number of rotatable bonds is 3. The molecule has 13 heavy (non-hydrogen) atoms. The van der Waals surface area contributed by atoms with Crippen LogP contribution in [0.3, 0.4) is 0 Å². The normalized spacial score (nSPS) is 16.1. The van der Waals surface area contributed by atoms with Gasteiger partial charge in [-0.3, -0.25) is 0 Å². The molecule has 0 radical (unpaired) electrons. The molecule has 1 saturated carbocycles. The van der Waals surface area contributed by atoms with Gasteiger partial charge in [-0.15, -0.1) is 10.2 Å². The zero-order chi connectivity index (χ0) is 9.42. The van der Waals surface area contributed by atoms with E-state index < -0.39 is 5.97 Å². The highest BCUT2D eigenvalue weighted by Gasteiger charge is 2.24. The van der Waals surface area contributed by atoms with Gasteiger partial charge in [-0.1, -0.05) is 11.6 Å². The average Bonchev–Trinajstić information content (AvgIpc) is 2.75. The number of carboxylic acids is 1. The van der Waals surface area contributed by atoms with E-state index in [9.17, 15) is 4.79 Å². The molecule has 0 aliphatic heterocycles. The van der Waals surface area contributed by atoms with E-state index in [2.05, 4.69) is 10.2 Å². The molecule has 0 unspecified atom stereocenters. The second-order valence-corrected chi connectivity index (χ2v) is 3.50. The lowest BCUT2D eigenvalue weighted by atomic mass is 10.4. The van der Waals surface area contributed by atoms with E-state index in [1.165, 1.54) is 17.6 Å².